The van der Waals surface area contributed by atoms with Gasteiger partial charge in [0, 0.05) is 14.0 Å². The summed E-state index contributed by atoms with van der Waals surface area (Å²) >= 11 is 0. The van der Waals surface area contributed by atoms with E-state index in [-0.39, 0.29) is 138 Å². The van der Waals surface area contributed by atoms with Crippen molar-refractivity contribution in [1.29, 1.82) is 0 Å². The van der Waals surface area contributed by atoms with Crippen molar-refractivity contribution in [3.63, 3.8) is 0 Å². The van der Waals surface area contributed by atoms with Crippen molar-refractivity contribution in [2.45, 2.75) is 0 Å². The largest absolute Gasteiger partial charge is 1.00 e. The molecule has 2 aromatic carbocycles. The van der Waals surface area contributed by atoms with Crippen LogP contribution < -0.4 is 166 Å². The van der Waals surface area contributed by atoms with Gasteiger partial charge in [0.15, 0.2) is 23.0 Å². The maximum Gasteiger partial charge on any atom is 1.00 e. The molecule has 0 amide bonds. The Labute approximate surface area is 305 Å². The molecular formula is C18H18BNa4O12P2. The van der Waals surface area contributed by atoms with Gasteiger partial charge in [-0.2, -0.15) is 0 Å². The maximum atomic E-state index is 11.2. The fourth-order valence-corrected chi connectivity index (χ4v) is 3.45. The van der Waals surface area contributed by atoms with Gasteiger partial charge in [0.05, 0.1) is 28.4 Å². The zero-order valence-electron chi connectivity index (χ0n) is 21.8. The minimum absolute atomic E-state index is 0. The number of phosphoric ester groups is 2. The van der Waals surface area contributed by atoms with Crippen molar-refractivity contribution in [3.05, 3.63) is 35.4 Å². The molecule has 0 bridgehead atoms. The molecule has 0 heterocycles. The summed E-state index contributed by atoms with van der Waals surface area (Å²) in [6.45, 7) is 0. The third-order valence-electron chi connectivity index (χ3n) is 3.87. The topological polar surface area (TPSA) is 182 Å². The average molecular weight is 591 g/mol. The molecule has 0 atom stereocenters. The van der Waals surface area contributed by atoms with E-state index in [2.05, 4.69) is 9.05 Å². The summed E-state index contributed by atoms with van der Waals surface area (Å²) in [4.78, 5) is 44.7. The van der Waals surface area contributed by atoms with Gasteiger partial charge in [-0.1, -0.05) is 12.2 Å². The first kappa shape index (κ1) is 45.3. The quantitative estimate of drug-likeness (QED) is 0.145. The Morgan fingerprint density at radius 2 is 1.05 bits per heavy atom. The van der Waals surface area contributed by atoms with Crippen molar-refractivity contribution >= 4 is 36.2 Å². The van der Waals surface area contributed by atoms with Crippen LogP contribution in [0.15, 0.2) is 24.3 Å². The summed E-state index contributed by atoms with van der Waals surface area (Å²) < 4.78 is 51.7. The number of methoxy groups -OCH3 is 4. The van der Waals surface area contributed by atoms with E-state index < -0.39 is 27.1 Å². The number of rotatable bonds is 10. The van der Waals surface area contributed by atoms with E-state index in [4.69, 9.17) is 18.9 Å². The van der Waals surface area contributed by atoms with Crippen LogP contribution in [-0.2, 0) is 9.13 Å². The van der Waals surface area contributed by atoms with Crippen LogP contribution in [0.3, 0.4) is 0 Å². The summed E-state index contributed by atoms with van der Waals surface area (Å²) in [5.74, 6) is -1.11. The predicted molar refractivity (Wildman–Crippen MR) is 110 cm³/mol. The van der Waals surface area contributed by atoms with Gasteiger partial charge in [0.1, 0.15) is 15.6 Å². The molecule has 2 aromatic rings. The second-order valence-corrected chi connectivity index (χ2v) is 8.04. The molecule has 37 heavy (non-hydrogen) atoms. The first-order valence-corrected chi connectivity index (χ1v) is 11.5. The van der Waals surface area contributed by atoms with E-state index in [0.29, 0.717) is 22.8 Å². The van der Waals surface area contributed by atoms with E-state index in [0.717, 1.165) is 7.11 Å². The maximum absolute atomic E-state index is 11.2. The fourth-order valence-electron chi connectivity index (χ4n) is 2.64. The van der Waals surface area contributed by atoms with Gasteiger partial charge < -0.3 is 56.7 Å². The van der Waals surface area contributed by atoms with Crippen LogP contribution in [-0.4, -0.2) is 36.9 Å². The fraction of sp³-hybridized carbons (Fsp3) is 0.222. The van der Waals surface area contributed by atoms with Crippen molar-refractivity contribution in [2.75, 3.05) is 28.4 Å². The number of benzene rings is 2. The molecule has 0 aromatic heterocycles. The normalized spacial score (nSPS) is 10.3. The Bertz CT molecular complexity index is 1090. The molecule has 0 aliphatic rings. The van der Waals surface area contributed by atoms with Crippen molar-refractivity contribution in [1.82, 2.24) is 0 Å². The number of ether oxygens (including phenoxy) is 4. The Balaban J connectivity index is -0.00000109. The second kappa shape index (κ2) is 20.3. The van der Waals surface area contributed by atoms with E-state index in [1.165, 1.54) is 45.6 Å². The summed E-state index contributed by atoms with van der Waals surface area (Å²) in [5.41, 5.74) is 0.365. The van der Waals surface area contributed by atoms with Crippen molar-refractivity contribution in [2.24, 2.45) is 0 Å². The van der Waals surface area contributed by atoms with E-state index in [1.54, 1.807) is 12.1 Å². The summed E-state index contributed by atoms with van der Waals surface area (Å²) in [6, 6.07) is 5.57. The van der Waals surface area contributed by atoms with Crippen LogP contribution >= 0.6 is 15.6 Å². The van der Waals surface area contributed by atoms with Gasteiger partial charge in [-0.15, -0.1) is 0 Å². The molecule has 0 aliphatic heterocycles. The second-order valence-electron chi connectivity index (χ2n) is 5.88. The standard InChI is InChI=1S/C18H22O12P2.B.4Na/c1-25-13-8-7-12(16(29-31(19,20)21)18(13)30-32(22,23)24)6-5-11-9-14(26-2)17(28-4)15(10-11)27-3;;;;;/h5-10H,1-4H3,(H2,19,20,21)(H2,22,23,24);;;;;/q;;4*+1/p-4/b6-5-;;;;;. The molecule has 0 spiro atoms. The number of hydrogen-bond acceptors (Lipinski definition) is 12. The van der Waals surface area contributed by atoms with Crippen LogP contribution in [0.5, 0.6) is 34.5 Å². The minimum Gasteiger partial charge on any atom is -0.780 e. The molecule has 12 nitrogen and oxygen atoms in total. The Morgan fingerprint density at radius 1 is 0.622 bits per heavy atom. The van der Waals surface area contributed by atoms with Gasteiger partial charge in [0.25, 0.3) is 0 Å². The third kappa shape index (κ3) is 14.2. The molecule has 0 fully saturated rings. The molecule has 19 heteroatoms. The van der Waals surface area contributed by atoms with Crippen molar-refractivity contribution in [3.8, 4) is 34.5 Å². The zero-order chi connectivity index (χ0) is 24.1. The predicted octanol–water partition coefficient (Wildman–Crippen LogP) is -12.1. The van der Waals surface area contributed by atoms with Gasteiger partial charge in [-0.25, -0.2) is 0 Å². The van der Waals surface area contributed by atoms with Gasteiger partial charge in [-0.05, 0) is 29.8 Å². The van der Waals surface area contributed by atoms with Gasteiger partial charge in [-0.3, -0.25) is 0 Å². The molecule has 179 valence electrons. The molecule has 0 unspecified atom stereocenters. The van der Waals surface area contributed by atoms with Crippen LogP contribution in [0.25, 0.3) is 12.2 Å². The minimum atomic E-state index is -5.69. The third-order valence-corrected chi connectivity index (χ3v) is 4.69. The van der Waals surface area contributed by atoms with Gasteiger partial charge >= 0.3 is 118 Å². The molecule has 0 N–H and O–H groups in total. The number of hydrogen-bond donors (Lipinski definition) is 0. The van der Waals surface area contributed by atoms with Crippen LogP contribution in [0.4, 0.5) is 0 Å². The van der Waals surface area contributed by atoms with E-state index >= 15 is 0 Å². The van der Waals surface area contributed by atoms with Crippen LogP contribution in [0, 0.1) is 0 Å². The van der Waals surface area contributed by atoms with E-state index in [9.17, 15) is 28.7 Å². The first-order chi connectivity index (χ1) is 14.9. The van der Waals surface area contributed by atoms with Crippen LogP contribution in [0.2, 0.25) is 0 Å². The summed E-state index contributed by atoms with van der Waals surface area (Å²) in [7, 11) is -6.01. The number of phosphoric acid groups is 2. The molecular weight excluding hydrogens is 573 g/mol. The SMILES string of the molecule is COc1cc(/C=C\c2ccc(OC)c(OP(=O)([O-])[O-])c2OP(=O)([O-])[O-])cc(OC)c1OC.[B].[Na+].[Na+].[Na+].[Na+]. The Kier molecular flexibility index (Phi) is 24.8. The van der Waals surface area contributed by atoms with Crippen molar-refractivity contribution < 1.29 is 175 Å². The molecule has 0 aliphatic carbocycles. The Hall–Kier alpha value is 1.34. The molecule has 3 radical (unpaired) electrons. The molecule has 0 saturated heterocycles. The Morgan fingerprint density at radius 3 is 1.43 bits per heavy atom. The molecule has 0 saturated carbocycles. The monoisotopic (exact) mass is 591 g/mol. The zero-order valence-corrected chi connectivity index (χ0v) is 31.6. The molecule has 2 rings (SSSR count). The van der Waals surface area contributed by atoms with Gasteiger partial charge in [0.2, 0.25) is 11.5 Å². The smallest absolute Gasteiger partial charge is 0.780 e. The average Bonchev–Trinajstić information content (AvgIpc) is 2.71. The van der Waals surface area contributed by atoms with Crippen LogP contribution in [0.1, 0.15) is 11.1 Å². The first-order valence-electron chi connectivity index (χ1n) is 8.54. The van der Waals surface area contributed by atoms with E-state index in [1.807, 2.05) is 0 Å². The summed E-state index contributed by atoms with van der Waals surface area (Å²) in [6.07, 6.45) is 2.72. The summed E-state index contributed by atoms with van der Waals surface area (Å²) in [5, 5.41) is 0.